The maximum atomic E-state index is 9.68. The van der Waals surface area contributed by atoms with Crippen molar-refractivity contribution in [1.82, 2.24) is 5.32 Å². The first-order valence-electron chi connectivity index (χ1n) is 7.54. The predicted octanol–water partition coefficient (Wildman–Crippen LogP) is 3.39. The molecule has 2 nitrogen and oxygen atoms in total. The Balaban J connectivity index is 1.72. The lowest BCUT2D eigenvalue weighted by atomic mass is 9.66. The number of hydrogen-bond donors (Lipinski definition) is 1. The largest absolute Gasteiger partial charge is 0.314 e. The van der Waals surface area contributed by atoms with E-state index in [1.165, 1.54) is 37.8 Å². The van der Waals surface area contributed by atoms with Crippen LogP contribution >= 0.6 is 0 Å². The lowest BCUT2D eigenvalue weighted by Crippen LogP contribution is -2.38. The van der Waals surface area contributed by atoms with Crippen molar-refractivity contribution in [3.8, 4) is 6.07 Å². The first kappa shape index (κ1) is 12.7. The third kappa shape index (κ3) is 2.40. The summed E-state index contributed by atoms with van der Waals surface area (Å²) in [5.41, 5.74) is 0.992. The lowest BCUT2D eigenvalue weighted by Gasteiger charge is -2.37. The van der Waals surface area contributed by atoms with Gasteiger partial charge in [0.25, 0.3) is 0 Å². The molecule has 1 aliphatic carbocycles. The number of nitrogens with zero attached hydrogens (tertiary/aromatic N) is 1. The molecule has 2 heteroatoms. The van der Waals surface area contributed by atoms with Crippen LogP contribution in [-0.2, 0) is 5.41 Å². The molecule has 1 atom stereocenters. The molecule has 2 aliphatic rings. The Morgan fingerprint density at radius 1 is 1.11 bits per heavy atom. The van der Waals surface area contributed by atoms with Gasteiger partial charge in [0.05, 0.1) is 11.5 Å². The van der Waals surface area contributed by atoms with Gasteiger partial charge in [-0.15, -0.1) is 0 Å². The molecule has 1 N–H and O–H groups in total. The van der Waals surface area contributed by atoms with Gasteiger partial charge in [0.1, 0.15) is 0 Å². The minimum absolute atomic E-state index is 0.226. The van der Waals surface area contributed by atoms with Crippen LogP contribution in [0.1, 0.15) is 44.1 Å². The van der Waals surface area contributed by atoms with Crippen LogP contribution in [0.5, 0.6) is 0 Å². The van der Waals surface area contributed by atoms with Gasteiger partial charge >= 0.3 is 0 Å². The van der Waals surface area contributed by atoms with E-state index in [1.54, 1.807) is 0 Å². The van der Waals surface area contributed by atoms with Crippen molar-refractivity contribution in [2.24, 2.45) is 5.92 Å². The summed E-state index contributed by atoms with van der Waals surface area (Å²) in [5.74, 6) is 0.785. The molecule has 1 unspecified atom stereocenters. The van der Waals surface area contributed by atoms with E-state index >= 15 is 0 Å². The van der Waals surface area contributed by atoms with E-state index in [0.29, 0.717) is 6.04 Å². The van der Waals surface area contributed by atoms with E-state index in [9.17, 15) is 5.26 Å². The number of nitrogens with one attached hydrogen (secondary N) is 1. The van der Waals surface area contributed by atoms with Crippen molar-refractivity contribution < 1.29 is 0 Å². The molecule has 2 fully saturated rings. The highest BCUT2D eigenvalue weighted by molar-refractivity contribution is 5.33. The highest BCUT2D eigenvalue weighted by atomic mass is 14.9. The van der Waals surface area contributed by atoms with Gasteiger partial charge in [-0.25, -0.2) is 0 Å². The molecule has 1 saturated heterocycles. The summed E-state index contributed by atoms with van der Waals surface area (Å²) in [6.45, 7) is 1.18. The number of hydrogen-bond acceptors (Lipinski definition) is 2. The van der Waals surface area contributed by atoms with Gasteiger partial charge in [-0.3, -0.25) is 0 Å². The molecule has 100 valence electrons. The maximum absolute atomic E-state index is 9.68. The Kier molecular flexibility index (Phi) is 3.57. The fraction of sp³-hybridized carbons (Fsp3) is 0.588. The van der Waals surface area contributed by atoms with Crippen molar-refractivity contribution in [3.63, 3.8) is 0 Å². The summed E-state index contributed by atoms with van der Waals surface area (Å²) in [6.07, 6.45) is 7.09. The Morgan fingerprint density at radius 2 is 1.84 bits per heavy atom. The minimum Gasteiger partial charge on any atom is -0.314 e. The van der Waals surface area contributed by atoms with E-state index in [4.69, 9.17) is 0 Å². The lowest BCUT2D eigenvalue weighted by molar-refractivity contribution is 0.234. The van der Waals surface area contributed by atoms with Crippen molar-refractivity contribution in [3.05, 3.63) is 35.9 Å². The zero-order chi connectivity index (χ0) is 13.1. The monoisotopic (exact) mass is 254 g/mol. The standard InChI is InChI=1S/C17H22N2/c18-13-17(15-5-2-1-3-6-15)10-8-14(9-11-17)16-7-4-12-19-16/h1-3,5-6,14,16,19H,4,7-12H2. The molecule has 0 amide bonds. The Bertz CT molecular complexity index is 446. The second kappa shape index (κ2) is 5.35. The fourth-order valence-electron chi connectivity index (χ4n) is 3.87. The molecular weight excluding hydrogens is 232 g/mol. The third-order valence-corrected chi connectivity index (χ3v) is 5.09. The smallest absolute Gasteiger partial charge is 0.0822 e. The maximum Gasteiger partial charge on any atom is 0.0822 e. The quantitative estimate of drug-likeness (QED) is 0.878. The molecule has 3 rings (SSSR count). The van der Waals surface area contributed by atoms with Gasteiger partial charge in [-0.1, -0.05) is 30.3 Å². The summed E-state index contributed by atoms with van der Waals surface area (Å²) in [4.78, 5) is 0. The van der Waals surface area contributed by atoms with E-state index < -0.39 is 0 Å². The molecule has 1 aromatic carbocycles. The highest BCUT2D eigenvalue weighted by Crippen LogP contribution is 2.42. The first-order chi connectivity index (χ1) is 9.34. The summed E-state index contributed by atoms with van der Waals surface area (Å²) in [6, 6.07) is 13.7. The molecule has 0 bridgehead atoms. The summed E-state index contributed by atoms with van der Waals surface area (Å²) < 4.78 is 0. The van der Waals surface area contributed by atoms with Gasteiger partial charge < -0.3 is 5.32 Å². The predicted molar refractivity (Wildman–Crippen MR) is 76.7 cm³/mol. The van der Waals surface area contributed by atoms with Crippen molar-refractivity contribution in [2.45, 2.75) is 50.0 Å². The van der Waals surface area contributed by atoms with Gasteiger partial charge in [0.15, 0.2) is 0 Å². The van der Waals surface area contributed by atoms with Crippen molar-refractivity contribution in [2.75, 3.05) is 6.54 Å². The van der Waals surface area contributed by atoms with Crippen LogP contribution < -0.4 is 5.32 Å². The zero-order valence-electron chi connectivity index (χ0n) is 11.4. The Hall–Kier alpha value is -1.33. The zero-order valence-corrected chi connectivity index (χ0v) is 11.4. The van der Waals surface area contributed by atoms with Crippen LogP contribution in [0.25, 0.3) is 0 Å². The Morgan fingerprint density at radius 3 is 2.42 bits per heavy atom. The van der Waals surface area contributed by atoms with E-state index in [-0.39, 0.29) is 5.41 Å². The van der Waals surface area contributed by atoms with Gasteiger partial charge in [0.2, 0.25) is 0 Å². The van der Waals surface area contributed by atoms with E-state index in [2.05, 4.69) is 35.7 Å². The molecule has 0 aromatic heterocycles. The minimum atomic E-state index is -0.226. The first-order valence-corrected chi connectivity index (χ1v) is 7.54. The highest BCUT2D eigenvalue weighted by Gasteiger charge is 2.39. The molecule has 0 spiro atoms. The number of rotatable bonds is 2. The average Bonchev–Trinajstić information content (AvgIpc) is 3.02. The van der Waals surface area contributed by atoms with E-state index in [1.807, 2.05) is 6.07 Å². The second-order valence-corrected chi connectivity index (χ2v) is 6.10. The van der Waals surface area contributed by atoms with Crippen molar-refractivity contribution in [1.29, 1.82) is 5.26 Å². The van der Waals surface area contributed by atoms with Gasteiger partial charge in [-0.2, -0.15) is 5.26 Å². The molecule has 1 heterocycles. The van der Waals surface area contributed by atoms with E-state index in [0.717, 1.165) is 18.8 Å². The molecule has 1 saturated carbocycles. The fourth-order valence-corrected chi connectivity index (χ4v) is 3.87. The van der Waals surface area contributed by atoms with Crippen LogP contribution in [0.3, 0.4) is 0 Å². The van der Waals surface area contributed by atoms with Crippen LogP contribution in [-0.4, -0.2) is 12.6 Å². The molecule has 0 radical (unpaired) electrons. The molecular formula is C17H22N2. The van der Waals surface area contributed by atoms with Crippen LogP contribution in [0.15, 0.2) is 30.3 Å². The van der Waals surface area contributed by atoms with Crippen LogP contribution in [0, 0.1) is 17.2 Å². The third-order valence-electron chi connectivity index (χ3n) is 5.09. The summed E-state index contributed by atoms with van der Waals surface area (Å²) in [7, 11) is 0. The topological polar surface area (TPSA) is 35.8 Å². The van der Waals surface area contributed by atoms with Gasteiger partial charge in [-0.05, 0) is 56.6 Å². The normalized spacial score (nSPS) is 34.9. The number of benzene rings is 1. The molecule has 1 aromatic rings. The second-order valence-electron chi connectivity index (χ2n) is 6.10. The van der Waals surface area contributed by atoms with Crippen LogP contribution in [0.2, 0.25) is 0 Å². The summed E-state index contributed by atoms with van der Waals surface area (Å²) in [5, 5.41) is 13.3. The average molecular weight is 254 g/mol. The van der Waals surface area contributed by atoms with Crippen molar-refractivity contribution >= 4 is 0 Å². The molecule has 1 aliphatic heterocycles. The summed E-state index contributed by atoms with van der Waals surface area (Å²) >= 11 is 0. The Labute approximate surface area is 115 Å². The van der Waals surface area contributed by atoms with Crippen LogP contribution in [0.4, 0.5) is 0 Å². The SMILES string of the molecule is N#CC1(c2ccccc2)CCC(C2CCCN2)CC1. The number of nitriles is 1. The van der Waals surface area contributed by atoms with Gasteiger partial charge in [0, 0.05) is 6.04 Å². The molecule has 19 heavy (non-hydrogen) atoms.